The van der Waals surface area contributed by atoms with E-state index in [1.807, 2.05) is 13.8 Å². The number of anilines is 2. The SMILES string of the molecule is CC(C)[C@@H](CO)Nc1nc(NCc2cccc(F)c2)cc(-c2cccc(OC(F)(F)F)c2)n1. The molecule has 1 aromatic heterocycles. The highest BCUT2D eigenvalue weighted by atomic mass is 19.4. The van der Waals surface area contributed by atoms with E-state index in [1.54, 1.807) is 24.3 Å². The van der Waals surface area contributed by atoms with Gasteiger partial charge in [0.1, 0.15) is 17.4 Å². The van der Waals surface area contributed by atoms with Gasteiger partial charge in [-0.1, -0.05) is 38.1 Å². The van der Waals surface area contributed by atoms with E-state index in [9.17, 15) is 22.7 Å². The number of nitrogens with one attached hydrogen (secondary N) is 2. The van der Waals surface area contributed by atoms with Crippen molar-refractivity contribution in [2.24, 2.45) is 5.92 Å². The van der Waals surface area contributed by atoms with Crippen LogP contribution in [0.3, 0.4) is 0 Å². The van der Waals surface area contributed by atoms with Gasteiger partial charge in [-0.3, -0.25) is 0 Å². The van der Waals surface area contributed by atoms with Crippen molar-refractivity contribution < 1.29 is 27.4 Å². The molecule has 0 saturated heterocycles. The fourth-order valence-corrected chi connectivity index (χ4v) is 3.03. The summed E-state index contributed by atoms with van der Waals surface area (Å²) in [6, 6.07) is 12.7. The second-order valence-corrected chi connectivity index (χ2v) is 7.70. The topological polar surface area (TPSA) is 79.3 Å². The summed E-state index contributed by atoms with van der Waals surface area (Å²) >= 11 is 0. The van der Waals surface area contributed by atoms with Gasteiger partial charge in [0.2, 0.25) is 5.95 Å². The standard InChI is InChI=1S/C23H24F4N4O2/c1-14(2)20(13-32)30-22-29-19(16-6-4-8-18(10-16)33-23(25,26)27)11-21(31-22)28-12-15-5-3-7-17(24)9-15/h3-11,14,20,32H,12-13H2,1-2H3,(H2,28,29,30,31)/t20-/m1/s1. The van der Waals surface area contributed by atoms with Crippen molar-refractivity contribution in [3.05, 3.63) is 66.0 Å². The Kier molecular flexibility index (Phi) is 7.70. The Bertz CT molecular complexity index is 1080. The van der Waals surface area contributed by atoms with Gasteiger partial charge in [-0.25, -0.2) is 9.37 Å². The van der Waals surface area contributed by atoms with Crippen molar-refractivity contribution in [1.82, 2.24) is 9.97 Å². The molecule has 0 fully saturated rings. The van der Waals surface area contributed by atoms with Gasteiger partial charge in [0, 0.05) is 18.2 Å². The van der Waals surface area contributed by atoms with Gasteiger partial charge in [-0.2, -0.15) is 4.98 Å². The number of halogens is 4. The van der Waals surface area contributed by atoms with Gasteiger partial charge < -0.3 is 20.5 Å². The minimum atomic E-state index is -4.82. The first-order valence-corrected chi connectivity index (χ1v) is 10.2. The second-order valence-electron chi connectivity index (χ2n) is 7.70. The molecule has 0 aliphatic carbocycles. The third-order valence-electron chi connectivity index (χ3n) is 4.77. The number of ether oxygens (including phenoxy) is 1. The number of rotatable bonds is 9. The molecule has 0 aliphatic heterocycles. The first-order chi connectivity index (χ1) is 15.6. The second kappa shape index (κ2) is 10.5. The summed E-state index contributed by atoms with van der Waals surface area (Å²) in [7, 11) is 0. The van der Waals surface area contributed by atoms with Gasteiger partial charge in [-0.15, -0.1) is 13.2 Å². The van der Waals surface area contributed by atoms with Crippen LogP contribution in [0.25, 0.3) is 11.3 Å². The zero-order valence-electron chi connectivity index (χ0n) is 18.0. The van der Waals surface area contributed by atoms with Crippen LogP contribution in [0.2, 0.25) is 0 Å². The fraction of sp³-hybridized carbons (Fsp3) is 0.304. The molecule has 0 unspecified atom stereocenters. The van der Waals surface area contributed by atoms with Crippen LogP contribution >= 0.6 is 0 Å². The zero-order chi connectivity index (χ0) is 24.0. The number of nitrogens with zero attached hydrogens (tertiary/aromatic N) is 2. The Morgan fingerprint density at radius 1 is 1.03 bits per heavy atom. The van der Waals surface area contributed by atoms with Crippen molar-refractivity contribution in [2.75, 3.05) is 17.2 Å². The lowest BCUT2D eigenvalue weighted by molar-refractivity contribution is -0.274. The van der Waals surface area contributed by atoms with Crippen LogP contribution < -0.4 is 15.4 Å². The summed E-state index contributed by atoms with van der Waals surface area (Å²) in [4.78, 5) is 8.81. The largest absolute Gasteiger partial charge is 0.573 e. The van der Waals surface area contributed by atoms with E-state index in [0.717, 1.165) is 0 Å². The Hall–Kier alpha value is -3.40. The maximum Gasteiger partial charge on any atom is 0.573 e. The lowest BCUT2D eigenvalue weighted by Gasteiger charge is -2.21. The summed E-state index contributed by atoms with van der Waals surface area (Å²) < 4.78 is 55.4. The summed E-state index contributed by atoms with van der Waals surface area (Å²) in [5.41, 5.74) is 1.39. The normalized spacial score (nSPS) is 12.5. The maximum absolute atomic E-state index is 13.5. The molecule has 0 amide bonds. The molecule has 0 spiro atoms. The quantitative estimate of drug-likeness (QED) is 0.377. The first-order valence-electron chi connectivity index (χ1n) is 10.2. The van der Waals surface area contributed by atoms with Gasteiger partial charge in [0.05, 0.1) is 18.3 Å². The molecular formula is C23H24F4N4O2. The molecule has 176 valence electrons. The van der Waals surface area contributed by atoms with Crippen LogP contribution in [0.4, 0.5) is 29.3 Å². The minimum absolute atomic E-state index is 0.0643. The smallest absolute Gasteiger partial charge is 0.406 e. The molecule has 0 saturated carbocycles. The summed E-state index contributed by atoms with van der Waals surface area (Å²) in [6.45, 7) is 3.93. The Balaban J connectivity index is 1.93. The lowest BCUT2D eigenvalue weighted by atomic mass is 10.1. The molecule has 3 aromatic rings. The van der Waals surface area contributed by atoms with Gasteiger partial charge >= 0.3 is 6.36 Å². The predicted octanol–water partition coefficient (Wildman–Crippen LogP) is 5.22. The van der Waals surface area contributed by atoms with Gasteiger partial charge in [0.15, 0.2) is 0 Å². The van der Waals surface area contributed by atoms with E-state index in [-0.39, 0.29) is 42.6 Å². The van der Waals surface area contributed by atoms with Crippen molar-refractivity contribution in [3.63, 3.8) is 0 Å². The molecule has 10 heteroatoms. The van der Waals surface area contributed by atoms with Crippen LogP contribution in [0.5, 0.6) is 5.75 Å². The molecule has 0 aliphatic rings. The highest BCUT2D eigenvalue weighted by Crippen LogP contribution is 2.29. The number of aliphatic hydroxyl groups excluding tert-OH is 1. The molecule has 0 bridgehead atoms. The van der Waals surface area contributed by atoms with Crippen LogP contribution in [-0.2, 0) is 6.54 Å². The highest BCUT2D eigenvalue weighted by molar-refractivity contribution is 5.66. The molecule has 3 rings (SSSR count). The number of hydrogen-bond donors (Lipinski definition) is 3. The van der Waals surface area contributed by atoms with Gasteiger partial charge in [-0.05, 0) is 35.7 Å². The van der Waals surface area contributed by atoms with E-state index in [1.165, 1.54) is 30.3 Å². The number of alkyl halides is 3. The zero-order valence-corrected chi connectivity index (χ0v) is 18.0. The molecule has 3 N–H and O–H groups in total. The third kappa shape index (κ3) is 7.31. The summed E-state index contributed by atoms with van der Waals surface area (Å²) in [5, 5.41) is 15.8. The highest BCUT2D eigenvalue weighted by Gasteiger charge is 2.31. The molecular weight excluding hydrogens is 440 g/mol. The first kappa shape index (κ1) is 24.2. The lowest BCUT2D eigenvalue weighted by Crippen LogP contribution is -2.30. The molecule has 6 nitrogen and oxygen atoms in total. The van der Waals surface area contributed by atoms with E-state index >= 15 is 0 Å². The molecule has 0 radical (unpaired) electrons. The van der Waals surface area contributed by atoms with Crippen LogP contribution in [0.1, 0.15) is 19.4 Å². The molecule has 33 heavy (non-hydrogen) atoms. The monoisotopic (exact) mass is 464 g/mol. The van der Waals surface area contributed by atoms with E-state index in [2.05, 4.69) is 25.3 Å². The summed E-state index contributed by atoms with van der Waals surface area (Å²) in [5.74, 6) is -0.130. The average molecular weight is 464 g/mol. The minimum Gasteiger partial charge on any atom is -0.406 e. The summed E-state index contributed by atoms with van der Waals surface area (Å²) in [6.07, 6.45) is -4.82. The van der Waals surface area contributed by atoms with Crippen molar-refractivity contribution in [3.8, 4) is 17.0 Å². The molecule has 1 atom stereocenters. The van der Waals surface area contributed by atoms with Crippen molar-refractivity contribution in [1.29, 1.82) is 0 Å². The fourth-order valence-electron chi connectivity index (χ4n) is 3.03. The van der Waals surface area contributed by atoms with Crippen LogP contribution in [0, 0.1) is 11.7 Å². The molecule has 1 heterocycles. The van der Waals surface area contributed by atoms with E-state index < -0.39 is 6.36 Å². The van der Waals surface area contributed by atoms with Crippen LogP contribution in [0.15, 0.2) is 54.6 Å². The third-order valence-corrected chi connectivity index (χ3v) is 4.77. The van der Waals surface area contributed by atoms with Crippen molar-refractivity contribution in [2.45, 2.75) is 32.8 Å². The average Bonchev–Trinajstić information content (AvgIpc) is 2.75. The van der Waals surface area contributed by atoms with E-state index in [0.29, 0.717) is 22.6 Å². The number of aliphatic hydroxyl groups is 1. The predicted molar refractivity (Wildman–Crippen MR) is 117 cm³/mol. The molecule has 2 aromatic carbocycles. The number of benzene rings is 2. The Morgan fingerprint density at radius 3 is 2.45 bits per heavy atom. The Morgan fingerprint density at radius 2 is 1.79 bits per heavy atom. The Labute approximate surface area is 188 Å². The number of aromatic nitrogens is 2. The van der Waals surface area contributed by atoms with Gasteiger partial charge in [0.25, 0.3) is 0 Å². The maximum atomic E-state index is 13.5. The number of hydrogen-bond acceptors (Lipinski definition) is 6. The van der Waals surface area contributed by atoms with E-state index in [4.69, 9.17) is 0 Å². The van der Waals surface area contributed by atoms with Crippen LogP contribution in [-0.4, -0.2) is 34.1 Å². The van der Waals surface area contributed by atoms with Crippen molar-refractivity contribution >= 4 is 11.8 Å².